The van der Waals surface area contributed by atoms with Crippen LogP contribution in [0.5, 0.6) is 0 Å². The Hall–Kier alpha value is -0.810. The summed E-state index contributed by atoms with van der Waals surface area (Å²) >= 11 is -2.02. The van der Waals surface area contributed by atoms with Crippen LogP contribution in [0.25, 0.3) is 0 Å². The molecule has 0 aliphatic carbocycles. The summed E-state index contributed by atoms with van der Waals surface area (Å²) in [4.78, 5) is 0. The first-order valence-electron chi connectivity index (χ1n) is 3.61. The molecule has 1 aromatic rings. The molecule has 0 radical (unpaired) electrons. The Labute approximate surface area is 76.9 Å². The molecular weight excluding hydrogens is 198 g/mol. The second-order valence-electron chi connectivity index (χ2n) is 2.48. The average Bonchev–Trinajstić information content (AvgIpc) is 2.03. The van der Waals surface area contributed by atoms with Gasteiger partial charge in [-0.2, -0.15) is 0 Å². The first-order chi connectivity index (χ1) is 6.11. The lowest BCUT2D eigenvalue weighted by atomic mass is 10.1. The van der Waals surface area contributed by atoms with E-state index >= 15 is 0 Å². The SMILES string of the molecule is O=S(O)CCc1c(F)cccc1F. The van der Waals surface area contributed by atoms with E-state index in [4.69, 9.17) is 4.55 Å². The van der Waals surface area contributed by atoms with Gasteiger partial charge in [0.25, 0.3) is 0 Å². The van der Waals surface area contributed by atoms with Crippen molar-refractivity contribution < 1.29 is 17.5 Å². The normalized spacial score (nSPS) is 12.8. The van der Waals surface area contributed by atoms with Gasteiger partial charge in [0.2, 0.25) is 0 Å². The predicted molar refractivity (Wildman–Crippen MR) is 45.7 cm³/mol. The molecule has 13 heavy (non-hydrogen) atoms. The Kier molecular flexibility index (Phi) is 3.50. The third-order valence-electron chi connectivity index (χ3n) is 1.59. The fourth-order valence-electron chi connectivity index (χ4n) is 0.961. The Bertz CT molecular complexity index is 308. The van der Waals surface area contributed by atoms with Gasteiger partial charge in [-0.15, -0.1) is 0 Å². The van der Waals surface area contributed by atoms with Gasteiger partial charge >= 0.3 is 0 Å². The van der Waals surface area contributed by atoms with E-state index in [0.29, 0.717) is 0 Å². The monoisotopic (exact) mass is 206 g/mol. The molecule has 0 aromatic heterocycles. The Morgan fingerprint density at radius 3 is 2.31 bits per heavy atom. The van der Waals surface area contributed by atoms with E-state index in [-0.39, 0.29) is 17.7 Å². The van der Waals surface area contributed by atoms with Gasteiger partial charge in [-0.3, -0.25) is 0 Å². The zero-order valence-corrected chi connectivity index (χ0v) is 7.48. The standard InChI is InChI=1S/C8H8F2O2S/c9-7-2-1-3-8(10)6(7)4-5-13(11)12/h1-3H,4-5H2,(H,11,12). The molecule has 5 heteroatoms. The maximum atomic E-state index is 12.9. The summed E-state index contributed by atoms with van der Waals surface area (Å²) in [6, 6.07) is 3.50. The molecule has 0 fully saturated rings. The van der Waals surface area contributed by atoms with E-state index < -0.39 is 22.7 Å². The summed E-state index contributed by atoms with van der Waals surface area (Å²) in [7, 11) is 0. The third kappa shape index (κ3) is 2.86. The number of rotatable bonds is 3. The van der Waals surface area contributed by atoms with Gasteiger partial charge in [0.15, 0.2) is 11.1 Å². The molecule has 0 saturated heterocycles. The van der Waals surface area contributed by atoms with Crippen molar-refractivity contribution in [1.29, 1.82) is 0 Å². The lowest BCUT2D eigenvalue weighted by Crippen LogP contribution is -2.03. The molecule has 0 saturated carbocycles. The minimum atomic E-state index is -2.02. The molecule has 1 unspecified atom stereocenters. The van der Waals surface area contributed by atoms with Crippen LogP contribution in [-0.4, -0.2) is 14.5 Å². The topological polar surface area (TPSA) is 37.3 Å². The largest absolute Gasteiger partial charge is 0.306 e. The van der Waals surface area contributed by atoms with Crippen molar-refractivity contribution in [1.82, 2.24) is 0 Å². The minimum Gasteiger partial charge on any atom is -0.306 e. The fourth-order valence-corrected chi connectivity index (χ4v) is 1.34. The van der Waals surface area contributed by atoms with Crippen molar-refractivity contribution in [2.24, 2.45) is 0 Å². The van der Waals surface area contributed by atoms with Gasteiger partial charge in [-0.05, 0) is 18.6 Å². The van der Waals surface area contributed by atoms with E-state index in [0.717, 1.165) is 12.1 Å². The van der Waals surface area contributed by atoms with Gasteiger partial charge < -0.3 is 4.55 Å². The molecule has 0 bridgehead atoms. The summed E-state index contributed by atoms with van der Waals surface area (Å²) in [5.74, 6) is -1.51. The number of halogens is 2. The van der Waals surface area contributed by atoms with E-state index in [1.807, 2.05) is 0 Å². The number of hydrogen-bond donors (Lipinski definition) is 1. The van der Waals surface area contributed by atoms with Crippen LogP contribution in [0.2, 0.25) is 0 Å². The molecule has 1 N–H and O–H groups in total. The van der Waals surface area contributed by atoms with Crippen LogP contribution in [0.15, 0.2) is 18.2 Å². The molecule has 0 heterocycles. The quantitative estimate of drug-likeness (QED) is 0.765. The molecule has 0 aliphatic heterocycles. The van der Waals surface area contributed by atoms with Crippen LogP contribution in [0.3, 0.4) is 0 Å². The summed E-state index contributed by atoms with van der Waals surface area (Å²) in [5.41, 5.74) is -0.134. The first kappa shape index (κ1) is 10.3. The van der Waals surface area contributed by atoms with Gasteiger partial charge in [0.1, 0.15) is 11.6 Å². The van der Waals surface area contributed by atoms with Crippen LogP contribution in [0.1, 0.15) is 5.56 Å². The predicted octanol–water partition coefficient (Wildman–Crippen LogP) is 1.73. The first-order valence-corrected chi connectivity index (χ1v) is 4.89. The zero-order chi connectivity index (χ0) is 9.84. The molecule has 1 rings (SSSR count). The van der Waals surface area contributed by atoms with Crippen LogP contribution in [0.4, 0.5) is 8.78 Å². The van der Waals surface area contributed by atoms with Crippen molar-refractivity contribution in [3.05, 3.63) is 35.4 Å². The van der Waals surface area contributed by atoms with Crippen molar-refractivity contribution in [2.45, 2.75) is 6.42 Å². The van der Waals surface area contributed by atoms with E-state index in [1.54, 1.807) is 0 Å². The molecule has 0 amide bonds. The number of hydrogen-bond acceptors (Lipinski definition) is 1. The smallest absolute Gasteiger partial charge is 0.153 e. The zero-order valence-electron chi connectivity index (χ0n) is 6.67. The highest BCUT2D eigenvalue weighted by Gasteiger charge is 2.08. The molecule has 0 spiro atoms. The minimum absolute atomic E-state index is 0.0678. The van der Waals surface area contributed by atoms with Crippen LogP contribution in [-0.2, 0) is 17.5 Å². The van der Waals surface area contributed by atoms with Crippen molar-refractivity contribution >= 4 is 11.1 Å². The highest BCUT2D eigenvalue weighted by molar-refractivity contribution is 7.79. The highest BCUT2D eigenvalue weighted by Crippen LogP contribution is 2.12. The van der Waals surface area contributed by atoms with Crippen LogP contribution < -0.4 is 0 Å². The molecule has 0 aliphatic rings. The second kappa shape index (κ2) is 4.43. The highest BCUT2D eigenvalue weighted by atomic mass is 32.2. The van der Waals surface area contributed by atoms with E-state index in [2.05, 4.69) is 0 Å². The lowest BCUT2D eigenvalue weighted by Gasteiger charge is -2.01. The van der Waals surface area contributed by atoms with E-state index in [1.165, 1.54) is 6.07 Å². The van der Waals surface area contributed by atoms with E-state index in [9.17, 15) is 13.0 Å². The molecule has 2 nitrogen and oxygen atoms in total. The van der Waals surface area contributed by atoms with Gasteiger partial charge in [-0.1, -0.05) is 6.07 Å². The summed E-state index contributed by atoms with van der Waals surface area (Å²) in [6.45, 7) is 0. The third-order valence-corrected chi connectivity index (χ3v) is 2.14. The summed E-state index contributed by atoms with van der Waals surface area (Å²) < 4.78 is 44.4. The lowest BCUT2D eigenvalue weighted by molar-refractivity contribution is 0.549. The van der Waals surface area contributed by atoms with Gasteiger partial charge in [0, 0.05) is 5.56 Å². The Morgan fingerprint density at radius 1 is 1.31 bits per heavy atom. The van der Waals surface area contributed by atoms with Crippen molar-refractivity contribution in [3.8, 4) is 0 Å². The maximum Gasteiger partial charge on any atom is 0.153 e. The average molecular weight is 206 g/mol. The van der Waals surface area contributed by atoms with Crippen LogP contribution >= 0.6 is 0 Å². The second-order valence-corrected chi connectivity index (χ2v) is 3.53. The van der Waals surface area contributed by atoms with Gasteiger partial charge in [0.05, 0.1) is 5.75 Å². The molecule has 1 atom stereocenters. The molecular formula is C8H8F2O2S. The Balaban J connectivity index is 2.81. The van der Waals surface area contributed by atoms with Crippen molar-refractivity contribution in [2.75, 3.05) is 5.75 Å². The summed E-state index contributed by atoms with van der Waals surface area (Å²) in [5, 5.41) is 0. The molecule has 1 aromatic carbocycles. The summed E-state index contributed by atoms with van der Waals surface area (Å²) in [6.07, 6.45) is -0.0678. The number of benzene rings is 1. The van der Waals surface area contributed by atoms with Gasteiger partial charge in [-0.25, -0.2) is 13.0 Å². The molecule has 72 valence electrons. The fraction of sp³-hybridized carbons (Fsp3) is 0.250. The Morgan fingerprint density at radius 2 is 1.85 bits per heavy atom. The van der Waals surface area contributed by atoms with Crippen LogP contribution in [0, 0.1) is 11.6 Å². The van der Waals surface area contributed by atoms with Crippen molar-refractivity contribution in [3.63, 3.8) is 0 Å². The maximum absolute atomic E-state index is 12.9.